The van der Waals surface area contributed by atoms with Gasteiger partial charge in [0.15, 0.2) is 0 Å². The van der Waals surface area contributed by atoms with Crippen LogP contribution >= 0.6 is 15.9 Å². The fraction of sp³-hybridized carbons (Fsp3) is 0.368. The van der Waals surface area contributed by atoms with Crippen LogP contribution < -0.4 is 4.74 Å². The van der Waals surface area contributed by atoms with Crippen LogP contribution in [0, 0.1) is 0 Å². The number of benzene rings is 1. The van der Waals surface area contributed by atoms with Crippen molar-refractivity contribution in [1.29, 1.82) is 0 Å². The molecule has 1 aliphatic rings. The first-order valence-electron chi connectivity index (χ1n) is 8.32. The lowest BCUT2D eigenvalue weighted by Crippen LogP contribution is -2.30. The molecule has 2 heterocycles. The molecule has 1 saturated heterocycles. The maximum Gasteiger partial charge on any atom is 0.223 e. The number of pyridine rings is 1. The quantitative estimate of drug-likeness (QED) is 0.690. The summed E-state index contributed by atoms with van der Waals surface area (Å²) in [5.74, 6) is 1.03. The van der Waals surface area contributed by atoms with Gasteiger partial charge < -0.3 is 9.64 Å². The minimum atomic E-state index is 0.199. The molecule has 4 nitrogen and oxygen atoms in total. The Morgan fingerprint density at radius 1 is 1.25 bits per heavy atom. The Morgan fingerprint density at radius 2 is 2.04 bits per heavy atom. The largest absolute Gasteiger partial charge is 0.492 e. The Labute approximate surface area is 151 Å². The predicted molar refractivity (Wildman–Crippen MR) is 96.8 cm³/mol. The van der Waals surface area contributed by atoms with Gasteiger partial charge in [0.25, 0.3) is 0 Å². The fourth-order valence-corrected chi connectivity index (χ4v) is 3.51. The van der Waals surface area contributed by atoms with Crippen LogP contribution in [0.2, 0.25) is 0 Å². The summed E-state index contributed by atoms with van der Waals surface area (Å²) in [6.45, 7) is 1.39. The highest BCUT2D eigenvalue weighted by Gasteiger charge is 2.29. The number of ether oxygens (including phenoxy) is 1. The molecule has 0 spiro atoms. The number of aromatic nitrogens is 1. The molecule has 5 heteroatoms. The van der Waals surface area contributed by atoms with Crippen molar-refractivity contribution in [2.45, 2.75) is 31.7 Å². The Bertz CT molecular complexity index is 678. The summed E-state index contributed by atoms with van der Waals surface area (Å²) in [6.07, 6.45) is 6.92. The lowest BCUT2D eigenvalue weighted by Gasteiger charge is -2.25. The summed E-state index contributed by atoms with van der Waals surface area (Å²) < 4.78 is 6.67. The van der Waals surface area contributed by atoms with Crippen molar-refractivity contribution >= 4 is 21.8 Å². The van der Waals surface area contributed by atoms with E-state index in [1.54, 1.807) is 12.4 Å². The summed E-state index contributed by atoms with van der Waals surface area (Å²) >= 11 is 3.46. The molecule has 1 fully saturated rings. The summed E-state index contributed by atoms with van der Waals surface area (Å²) in [5.41, 5.74) is 1.18. The van der Waals surface area contributed by atoms with Crippen LogP contribution in [0.1, 0.15) is 37.3 Å². The van der Waals surface area contributed by atoms with E-state index in [2.05, 4.69) is 20.9 Å². The number of carbonyl (C=O) groups excluding carboxylic acids is 1. The monoisotopic (exact) mass is 388 g/mol. The van der Waals surface area contributed by atoms with Crippen LogP contribution in [0.4, 0.5) is 0 Å². The number of carbonyl (C=O) groups is 1. The van der Waals surface area contributed by atoms with Gasteiger partial charge in [-0.1, -0.05) is 12.1 Å². The number of amides is 1. The molecule has 0 bridgehead atoms. The van der Waals surface area contributed by atoms with Crippen LogP contribution in [0.15, 0.2) is 53.3 Å². The van der Waals surface area contributed by atoms with E-state index < -0.39 is 0 Å². The topological polar surface area (TPSA) is 42.4 Å². The molecule has 0 radical (unpaired) electrons. The van der Waals surface area contributed by atoms with Crippen LogP contribution in [-0.2, 0) is 4.79 Å². The van der Waals surface area contributed by atoms with Gasteiger partial charge in [-0.25, -0.2) is 0 Å². The van der Waals surface area contributed by atoms with Gasteiger partial charge in [0.1, 0.15) is 5.75 Å². The third-order valence-electron chi connectivity index (χ3n) is 4.29. The average molecular weight is 389 g/mol. The summed E-state index contributed by atoms with van der Waals surface area (Å²) in [4.78, 5) is 18.6. The number of likely N-dealkylation sites (tertiary alicyclic amines) is 1. The molecule has 24 heavy (non-hydrogen) atoms. The molecule has 2 aromatic rings. The molecule has 1 amide bonds. The highest BCUT2D eigenvalue weighted by atomic mass is 79.9. The number of para-hydroxylation sites is 1. The van der Waals surface area contributed by atoms with E-state index in [0.717, 1.165) is 36.0 Å². The number of hydrogen-bond acceptors (Lipinski definition) is 3. The van der Waals surface area contributed by atoms with Crippen LogP contribution in [-0.4, -0.2) is 28.9 Å². The molecule has 3 rings (SSSR count). The Morgan fingerprint density at radius 3 is 2.83 bits per heavy atom. The second-order valence-corrected chi connectivity index (χ2v) is 6.76. The molecular formula is C19H21BrN2O2. The van der Waals surface area contributed by atoms with Gasteiger partial charge in [0.2, 0.25) is 5.91 Å². The van der Waals surface area contributed by atoms with E-state index in [-0.39, 0.29) is 11.9 Å². The van der Waals surface area contributed by atoms with Crippen molar-refractivity contribution in [3.63, 3.8) is 0 Å². The van der Waals surface area contributed by atoms with Gasteiger partial charge in [0.05, 0.1) is 17.1 Å². The third-order valence-corrected chi connectivity index (χ3v) is 4.95. The average Bonchev–Trinajstić information content (AvgIpc) is 3.10. The second kappa shape index (κ2) is 8.29. The molecule has 0 aliphatic carbocycles. The maximum absolute atomic E-state index is 12.6. The Balaban J connectivity index is 1.49. The van der Waals surface area contributed by atoms with Crippen LogP contribution in [0.3, 0.4) is 0 Å². The first-order chi connectivity index (χ1) is 11.8. The van der Waals surface area contributed by atoms with Gasteiger partial charge in [-0.05, 0) is 65.0 Å². The molecule has 0 unspecified atom stereocenters. The number of nitrogens with zero attached hydrogens (tertiary/aromatic N) is 2. The standard InChI is InChI=1S/C19H21BrN2O2/c20-16-5-1-2-7-18(16)24-14-4-8-19(23)22-13-3-6-17(22)15-9-11-21-12-10-15/h1-2,5,7,9-12,17H,3-4,6,8,13-14H2/t17-/m0/s1. The van der Waals surface area contributed by atoms with Crippen molar-refractivity contribution in [2.75, 3.05) is 13.2 Å². The van der Waals surface area contributed by atoms with E-state index in [1.165, 1.54) is 5.56 Å². The predicted octanol–water partition coefficient (Wildman–Crippen LogP) is 4.37. The van der Waals surface area contributed by atoms with Gasteiger partial charge in [-0.2, -0.15) is 0 Å². The molecule has 0 N–H and O–H groups in total. The molecule has 1 aromatic carbocycles. The highest BCUT2D eigenvalue weighted by molar-refractivity contribution is 9.10. The van der Waals surface area contributed by atoms with E-state index >= 15 is 0 Å². The van der Waals surface area contributed by atoms with E-state index in [0.29, 0.717) is 13.0 Å². The van der Waals surface area contributed by atoms with E-state index in [1.807, 2.05) is 41.3 Å². The van der Waals surface area contributed by atoms with Crippen molar-refractivity contribution in [3.05, 3.63) is 58.8 Å². The summed E-state index contributed by atoms with van der Waals surface area (Å²) in [5, 5.41) is 0. The zero-order valence-electron chi connectivity index (χ0n) is 13.5. The van der Waals surface area contributed by atoms with Gasteiger partial charge in [-0.3, -0.25) is 9.78 Å². The minimum absolute atomic E-state index is 0.199. The zero-order chi connectivity index (χ0) is 16.8. The number of rotatable bonds is 6. The molecular weight excluding hydrogens is 368 g/mol. The molecule has 1 atom stereocenters. The molecule has 1 aliphatic heterocycles. The van der Waals surface area contributed by atoms with Crippen molar-refractivity contribution < 1.29 is 9.53 Å². The van der Waals surface area contributed by atoms with Crippen LogP contribution in [0.25, 0.3) is 0 Å². The fourth-order valence-electron chi connectivity index (χ4n) is 3.11. The second-order valence-electron chi connectivity index (χ2n) is 5.91. The minimum Gasteiger partial charge on any atom is -0.492 e. The lowest BCUT2D eigenvalue weighted by atomic mass is 10.1. The number of hydrogen-bond donors (Lipinski definition) is 0. The van der Waals surface area contributed by atoms with Crippen LogP contribution in [0.5, 0.6) is 5.75 Å². The van der Waals surface area contributed by atoms with Gasteiger partial charge in [-0.15, -0.1) is 0 Å². The van der Waals surface area contributed by atoms with Crippen molar-refractivity contribution in [1.82, 2.24) is 9.88 Å². The van der Waals surface area contributed by atoms with E-state index in [4.69, 9.17) is 4.74 Å². The maximum atomic E-state index is 12.6. The number of halogens is 1. The SMILES string of the molecule is O=C(CCCOc1ccccc1Br)N1CCC[C@H]1c1ccncc1. The van der Waals surface area contributed by atoms with Gasteiger partial charge in [0, 0.05) is 25.4 Å². The van der Waals surface area contributed by atoms with E-state index in [9.17, 15) is 4.79 Å². The van der Waals surface area contributed by atoms with Gasteiger partial charge >= 0.3 is 0 Å². The Kier molecular flexibility index (Phi) is 5.86. The molecule has 0 saturated carbocycles. The molecule has 126 valence electrons. The lowest BCUT2D eigenvalue weighted by molar-refractivity contribution is -0.132. The Hall–Kier alpha value is -1.88. The van der Waals surface area contributed by atoms with Crippen molar-refractivity contribution in [2.24, 2.45) is 0 Å². The normalized spacial score (nSPS) is 17.0. The van der Waals surface area contributed by atoms with Crippen molar-refractivity contribution in [3.8, 4) is 5.75 Å². The summed E-state index contributed by atoms with van der Waals surface area (Å²) in [6, 6.07) is 12.0. The zero-order valence-corrected chi connectivity index (χ0v) is 15.1. The summed E-state index contributed by atoms with van der Waals surface area (Å²) in [7, 11) is 0. The highest BCUT2D eigenvalue weighted by Crippen LogP contribution is 2.32. The first-order valence-corrected chi connectivity index (χ1v) is 9.12. The first kappa shape index (κ1) is 17.0. The molecule has 1 aromatic heterocycles. The third kappa shape index (κ3) is 4.15. The smallest absolute Gasteiger partial charge is 0.223 e.